The van der Waals surface area contributed by atoms with Gasteiger partial charge in [0.05, 0.1) is 36.3 Å². The Bertz CT molecular complexity index is 1510. The molecule has 2 aromatic heterocycles. The molecule has 3 aromatic rings. The molecule has 1 N–H and O–H groups in total. The number of amides is 2. The number of carbonyl (C=O) groups is 2. The van der Waals surface area contributed by atoms with Crippen LogP contribution >= 0.6 is 11.6 Å². The van der Waals surface area contributed by atoms with E-state index in [0.29, 0.717) is 25.6 Å². The first-order chi connectivity index (χ1) is 20.9. The van der Waals surface area contributed by atoms with Crippen molar-refractivity contribution in [2.24, 2.45) is 5.92 Å². The lowest BCUT2D eigenvalue weighted by Crippen LogP contribution is -2.44. The quantitative estimate of drug-likeness (QED) is 0.370. The number of aromatic nitrogens is 3. The third kappa shape index (κ3) is 7.30. The fourth-order valence-electron chi connectivity index (χ4n) is 5.37. The van der Waals surface area contributed by atoms with Crippen LogP contribution in [-0.4, -0.2) is 84.0 Å². The van der Waals surface area contributed by atoms with Crippen LogP contribution < -0.4 is 15.1 Å². The average Bonchev–Trinajstić information content (AvgIpc) is 3.64. The number of anilines is 3. The number of ether oxygens (including phenoxy) is 1. The molecule has 10 nitrogen and oxygen atoms in total. The molecule has 5 rings (SSSR count). The summed E-state index contributed by atoms with van der Waals surface area (Å²) in [5.74, 6) is -2.15. The average molecular weight is 638 g/mol. The minimum Gasteiger partial charge on any atom is -0.379 e. The maximum Gasteiger partial charge on any atom is 0.416 e. The summed E-state index contributed by atoms with van der Waals surface area (Å²) in [6.07, 6.45) is -2.89. The molecule has 0 spiro atoms. The molecule has 0 unspecified atom stereocenters. The topological polar surface area (TPSA) is 95.8 Å². The zero-order chi connectivity index (χ0) is 31.6. The van der Waals surface area contributed by atoms with Crippen molar-refractivity contribution in [1.29, 1.82) is 0 Å². The molecule has 2 saturated heterocycles. The highest BCUT2D eigenvalue weighted by Crippen LogP contribution is 2.36. The van der Waals surface area contributed by atoms with E-state index in [4.69, 9.17) is 16.3 Å². The Kier molecular flexibility index (Phi) is 9.42. The van der Waals surface area contributed by atoms with Crippen LogP contribution in [0.25, 0.3) is 0 Å². The van der Waals surface area contributed by atoms with E-state index in [0.717, 1.165) is 37.8 Å². The Labute approximate surface area is 256 Å². The Morgan fingerprint density at radius 3 is 2.59 bits per heavy atom. The van der Waals surface area contributed by atoms with Crippen molar-refractivity contribution in [2.45, 2.75) is 32.1 Å². The molecule has 0 bridgehead atoms. The van der Waals surface area contributed by atoms with Crippen LogP contribution in [-0.2, 0) is 27.0 Å². The molecule has 236 valence electrons. The van der Waals surface area contributed by atoms with Crippen molar-refractivity contribution >= 4 is 40.7 Å². The summed E-state index contributed by atoms with van der Waals surface area (Å²) < 4.78 is 61.9. The van der Waals surface area contributed by atoms with Crippen LogP contribution in [0.3, 0.4) is 0 Å². The van der Waals surface area contributed by atoms with Crippen LogP contribution in [0.15, 0.2) is 42.6 Å². The van der Waals surface area contributed by atoms with Gasteiger partial charge in [-0.3, -0.25) is 19.2 Å². The summed E-state index contributed by atoms with van der Waals surface area (Å²) in [5.41, 5.74) is -0.527. The number of alkyl halides is 3. The van der Waals surface area contributed by atoms with Crippen LogP contribution in [0.2, 0.25) is 5.02 Å². The highest BCUT2D eigenvalue weighted by Gasteiger charge is 2.43. The van der Waals surface area contributed by atoms with Gasteiger partial charge in [-0.1, -0.05) is 11.6 Å². The molecule has 2 fully saturated rings. The van der Waals surface area contributed by atoms with Crippen LogP contribution in [0.5, 0.6) is 0 Å². The Hall–Kier alpha value is -3.75. The molecule has 0 aliphatic carbocycles. The molecule has 15 heteroatoms. The summed E-state index contributed by atoms with van der Waals surface area (Å²) in [5, 5.41) is 7.02. The van der Waals surface area contributed by atoms with Gasteiger partial charge < -0.3 is 19.9 Å². The predicted octanol–water partition coefficient (Wildman–Crippen LogP) is 4.23. The first kappa shape index (κ1) is 31.7. The van der Waals surface area contributed by atoms with E-state index >= 15 is 0 Å². The minimum atomic E-state index is -4.64. The van der Waals surface area contributed by atoms with Crippen molar-refractivity contribution in [1.82, 2.24) is 19.7 Å². The first-order valence-electron chi connectivity index (χ1n) is 14.1. The largest absolute Gasteiger partial charge is 0.416 e. The highest BCUT2D eigenvalue weighted by atomic mass is 35.5. The van der Waals surface area contributed by atoms with Crippen molar-refractivity contribution in [2.75, 3.05) is 61.6 Å². The number of rotatable bonds is 8. The third-order valence-electron chi connectivity index (χ3n) is 7.78. The summed E-state index contributed by atoms with van der Waals surface area (Å²) in [6.45, 7) is 5.80. The number of likely N-dealkylation sites (N-methyl/N-ethyl adjacent to an activating group) is 1. The van der Waals surface area contributed by atoms with Crippen LogP contribution in [0, 0.1) is 18.7 Å². The van der Waals surface area contributed by atoms with Gasteiger partial charge in [-0.15, -0.1) is 0 Å². The van der Waals surface area contributed by atoms with Crippen molar-refractivity contribution in [3.8, 4) is 0 Å². The number of nitrogens with one attached hydrogen (secondary N) is 1. The van der Waals surface area contributed by atoms with Crippen molar-refractivity contribution in [3.05, 3.63) is 64.7 Å². The lowest BCUT2D eigenvalue weighted by atomic mass is 10.0. The molecule has 1 aromatic carbocycles. The second-order valence-corrected chi connectivity index (χ2v) is 11.3. The van der Waals surface area contributed by atoms with Gasteiger partial charge in [0.15, 0.2) is 5.82 Å². The normalized spacial score (nSPS) is 19.3. The number of hydrogen-bond acceptors (Lipinski definition) is 7. The van der Waals surface area contributed by atoms with E-state index in [1.165, 1.54) is 35.9 Å². The zero-order valence-corrected chi connectivity index (χ0v) is 24.9. The van der Waals surface area contributed by atoms with E-state index in [1.54, 1.807) is 16.9 Å². The summed E-state index contributed by atoms with van der Waals surface area (Å²) >= 11 is 5.92. The smallest absolute Gasteiger partial charge is 0.379 e. The standard InChI is InChI=1S/C29H32ClF4N7O3/c1-18-13-20(29(32,33)34)15-26(35-18)41-17-19(14-24(41)28(43)38(2)21-3-4-23(31)22(30)16-21)27(42)36-25-5-6-40(37-25)8-7-39-9-11-44-12-10-39/h3-6,13,15-16,19,24H,7-12,14,17H2,1-2H3,(H,36,37,42)/t19-,24-/m0/s1. The van der Waals surface area contributed by atoms with E-state index in [-0.39, 0.29) is 35.2 Å². The van der Waals surface area contributed by atoms with E-state index in [2.05, 4.69) is 20.3 Å². The number of benzene rings is 1. The van der Waals surface area contributed by atoms with Gasteiger partial charge in [0, 0.05) is 56.9 Å². The number of morpholine rings is 1. The van der Waals surface area contributed by atoms with Gasteiger partial charge in [-0.2, -0.15) is 18.3 Å². The molecular weight excluding hydrogens is 606 g/mol. The highest BCUT2D eigenvalue weighted by molar-refractivity contribution is 6.31. The van der Waals surface area contributed by atoms with Crippen molar-refractivity contribution in [3.63, 3.8) is 0 Å². The lowest BCUT2D eigenvalue weighted by molar-refractivity contribution is -0.137. The van der Waals surface area contributed by atoms with E-state index in [9.17, 15) is 27.2 Å². The van der Waals surface area contributed by atoms with Gasteiger partial charge >= 0.3 is 6.18 Å². The molecule has 2 amide bonds. The molecule has 2 aliphatic rings. The fraction of sp³-hybridized carbons (Fsp3) is 0.448. The van der Waals surface area contributed by atoms with E-state index < -0.39 is 41.3 Å². The Morgan fingerprint density at radius 1 is 1.14 bits per heavy atom. The van der Waals surface area contributed by atoms with Crippen LogP contribution in [0.1, 0.15) is 17.7 Å². The molecule has 2 atom stereocenters. The van der Waals surface area contributed by atoms with Gasteiger partial charge in [0.25, 0.3) is 0 Å². The lowest BCUT2D eigenvalue weighted by Gasteiger charge is -2.29. The molecule has 2 aliphatic heterocycles. The van der Waals surface area contributed by atoms with Gasteiger partial charge in [-0.25, -0.2) is 9.37 Å². The number of nitrogens with zero attached hydrogens (tertiary/aromatic N) is 6. The van der Waals surface area contributed by atoms with Crippen molar-refractivity contribution < 1.29 is 31.9 Å². The zero-order valence-electron chi connectivity index (χ0n) is 24.2. The monoisotopic (exact) mass is 637 g/mol. The van der Waals surface area contributed by atoms with E-state index in [1.807, 2.05) is 0 Å². The summed E-state index contributed by atoms with van der Waals surface area (Å²) in [4.78, 5) is 36.4. The van der Waals surface area contributed by atoms with Gasteiger partial charge in [0.1, 0.15) is 17.7 Å². The van der Waals surface area contributed by atoms with Gasteiger partial charge in [0.2, 0.25) is 11.8 Å². The predicted molar refractivity (Wildman–Crippen MR) is 156 cm³/mol. The first-order valence-corrected chi connectivity index (χ1v) is 14.5. The maximum atomic E-state index is 13.8. The second-order valence-electron chi connectivity index (χ2n) is 10.9. The molecular formula is C29H32ClF4N7O3. The molecule has 44 heavy (non-hydrogen) atoms. The molecule has 0 radical (unpaired) electrons. The SMILES string of the molecule is Cc1cc(C(F)(F)F)cc(N2C[C@@H](C(=O)Nc3ccn(CCN4CCOCC4)n3)C[C@H]2C(=O)N(C)c2ccc(F)c(Cl)c2)n1. The summed E-state index contributed by atoms with van der Waals surface area (Å²) in [6, 6.07) is 6.17. The molecule has 0 saturated carbocycles. The number of pyridine rings is 1. The van der Waals surface area contributed by atoms with Crippen LogP contribution in [0.4, 0.5) is 34.9 Å². The fourth-order valence-corrected chi connectivity index (χ4v) is 5.54. The Morgan fingerprint density at radius 2 is 1.89 bits per heavy atom. The Balaban J connectivity index is 1.35. The van der Waals surface area contributed by atoms with Gasteiger partial charge in [-0.05, 0) is 43.7 Å². The number of carbonyl (C=O) groups excluding carboxylic acids is 2. The number of halogens is 5. The third-order valence-corrected chi connectivity index (χ3v) is 8.07. The summed E-state index contributed by atoms with van der Waals surface area (Å²) in [7, 11) is 1.45. The molecule has 4 heterocycles. The number of hydrogen-bond donors (Lipinski definition) is 1. The maximum absolute atomic E-state index is 13.8. The number of aryl methyl sites for hydroxylation is 1. The minimum absolute atomic E-state index is 0.00134. The second kappa shape index (κ2) is 13.1.